The van der Waals surface area contributed by atoms with Crippen LogP contribution in [0.3, 0.4) is 0 Å². The van der Waals surface area contributed by atoms with Crippen molar-refractivity contribution in [2.75, 3.05) is 5.32 Å². The molecule has 0 amide bonds. The van der Waals surface area contributed by atoms with Crippen molar-refractivity contribution in [1.29, 1.82) is 0 Å². The predicted molar refractivity (Wildman–Crippen MR) is 62.4 cm³/mol. The molecule has 0 fully saturated rings. The van der Waals surface area contributed by atoms with Gasteiger partial charge in [0.1, 0.15) is 17.8 Å². The Bertz CT molecular complexity index is 562. The van der Waals surface area contributed by atoms with Crippen molar-refractivity contribution in [3.63, 3.8) is 0 Å². The zero-order valence-electron chi connectivity index (χ0n) is 9.21. The summed E-state index contributed by atoms with van der Waals surface area (Å²) in [5.41, 5.74) is 0.730. The van der Waals surface area contributed by atoms with Crippen LogP contribution in [-0.2, 0) is 6.54 Å². The Labute approximate surface area is 102 Å². The number of nitrogens with one attached hydrogen (secondary N) is 1. The summed E-state index contributed by atoms with van der Waals surface area (Å²) in [5, 5.41) is 13.6. The minimum absolute atomic E-state index is 0.255. The van der Waals surface area contributed by atoms with Gasteiger partial charge in [0, 0.05) is 24.5 Å². The molecular weight excluding hydrogens is 239 g/mol. The van der Waals surface area contributed by atoms with E-state index in [1.165, 1.54) is 12.4 Å². The lowest BCUT2D eigenvalue weighted by Crippen LogP contribution is -2.03. The maximum atomic E-state index is 12.9. The number of hydrogen-bond donors (Lipinski definition) is 1. The lowest BCUT2D eigenvalue weighted by atomic mass is 10.2. The monoisotopic (exact) mass is 248 g/mol. The average molecular weight is 248 g/mol. The Morgan fingerprint density at radius 2 is 2.06 bits per heavy atom. The van der Waals surface area contributed by atoms with Gasteiger partial charge >= 0.3 is 0 Å². The van der Waals surface area contributed by atoms with Crippen molar-refractivity contribution in [3.05, 3.63) is 58.4 Å². The molecule has 0 saturated carbocycles. The summed E-state index contributed by atoms with van der Waals surface area (Å²) in [5.74, 6) is -0.643. The molecule has 0 atom stereocenters. The summed E-state index contributed by atoms with van der Waals surface area (Å²) < 4.78 is 12.9. The molecule has 2 aromatic rings. The summed E-state index contributed by atoms with van der Waals surface area (Å²) >= 11 is 0. The number of nitro benzene ring substituents is 1. The van der Waals surface area contributed by atoms with Crippen molar-refractivity contribution >= 4 is 11.4 Å². The summed E-state index contributed by atoms with van der Waals surface area (Å²) in [6.07, 6.45) is 4.58. The van der Waals surface area contributed by atoms with E-state index >= 15 is 0 Å². The highest BCUT2D eigenvalue weighted by molar-refractivity contribution is 5.61. The Hall–Kier alpha value is -2.57. The van der Waals surface area contributed by atoms with Crippen LogP contribution in [0.25, 0.3) is 0 Å². The molecule has 18 heavy (non-hydrogen) atoms. The summed E-state index contributed by atoms with van der Waals surface area (Å²) in [6, 6.07) is 3.37. The number of hydrogen-bond acceptors (Lipinski definition) is 5. The van der Waals surface area contributed by atoms with Crippen molar-refractivity contribution in [2.45, 2.75) is 6.54 Å². The highest BCUT2D eigenvalue weighted by atomic mass is 19.1. The van der Waals surface area contributed by atoms with E-state index in [1.54, 1.807) is 12.4 Å². The van der Waals surface area contributed by atoms with Gasteiger partial charge in [0.15, 0.2) is 0 Å². The number of rotatable bonds is 4. The van der Waals surface area contributed by atoms with E-state index < -0.39 is 10.7 Å². The normalized spacial score (nSPS) is 10.1. The zero-order chi connectivity index (χ0) is 13.0. The maximum absolute atomic E-state index is 12.9. The molecule has 0 spiro atoms. The molecule has 7 heteroatoms. The van der Waals surface area contributed by atoms with Gasteiger partial charge in [-0.1, -0.05) is 0 Å². The van der Waals surface area contributed by atoms with Crippen LogP contribution in [0.2, 0.25) is 0 Å². The molecule has 0 aliphatic rings. The van der Waals surface area contributed by atoms with E-state index in [0.717, 1.165) is 17.7 Å². The van der Waals surface area contributed by atoms with Gasteiger partial charge in [0.2, 0.25) is 0 Å². The standard InChI is InChI=1S/C11H9FN4O2/c12-9-1-2-10(11(3-9)16(17)18)15-6-8-4-13-7-14-5-8/h1-5,7,15H,6H2. The first kappa shape index (κ1) is 11.9. The molecule has 0 saturated heterocycles. The second-order valence-corrected chi connectivity index (χ2v) is 3.52. The third-order valence-corrected chi connectivity index (χ3v) is 2.25. The topological polar surface area (TPSA) is 81.0 Å². The molecule has 0 aliphatic heterocycles. The molecule has 0 radical (unpaired) electrons. The first-order valence-corrected chi connectivity index (χ1v) is 5.08. The fourth-order valence-electron chi connectivity index (χ4n) is 1.42. The predicted octanol–water partition coefficient (Wildman–Crippen LogP) is 2.14. The van der Waals surface area contributed by atoms with Gasteiger partial charge in [-0.25, -0.2) is 14.4 Å². The third-order valence-electron chi connectivity index (χ3n) is 2.25. The second-order valence-electron chi connectivity index (χ2n) is 3.52. The van der Waals surface area contributed by atoms with Gasteiger partial charge in [-0.05, 0) is 12.1 Å². The molecule has 1 aromatic heterocycles. The van der Waals surface area contributed by atoms with Crippen molar-refractivity contribution in [3.8, 4) is 0 Å². The minimum Gasteiger partial charge on any atom is -0.375 e. The molecule has 2 rings (SSSR count). The summed E-state index contributed by atoms with van der Waals surface area (Å²) in [4.78, 5) is 17.8. The fourth-order valence-corrected chi connectivity index (χ4v) is 1.42. The Morgan fingerprint density at radius 1 is 1.33 bits per heavy atom. The lowest BCUT2D eigenvalue weighted by molar-refractivity contribution is -0.384. The number of nitrogens with zero attached hydrogens (tertiary/aromatic N) is 3. The minimum atomic E-state index is -0.643. The SMILES string of the molecule is O=[N+]([O-])c1cc(F)ccc1NCc1cncnc1. The molecular formula is C11H9FN4O2. The highest BCUT2D eigenvalue weighted by Gasteiger charge is 2.14. The number of aromatic nitrogens is 2. The smallest absolute Gasteiger partial charge is 0.295 e. The van der Waals surface area contributed by atoms with E-state index in [-0.39, 0.29) is 11.4 Å². The van der Waals surface area contributed by atoms with Crippen LogP contribution in [0.5, 0.6) is 0 Å². The van der Waals surface area contributed by atoms with E-state index in [1.807, 2.05) is 0 Å². The van der Waals surface area contributed by atoms with Crippen LogP contribution in [0.15, 0.2) is 36.9 Å². The molecule has 1 aromatic carbocycles. The quantitative estimate of drug-likeness (QED) is 0.662. The zero-order valence-corrected chi connectivity index (χ0v) is 9.21. The Balaban J connectivity index is 2.17. The Morgan fingerprint density at radius 3 is 2.72 bits per heavy atom. The van der Waals surface area contributed by atoms with E-state index in [4.69, 9.17) is 0 Å². The third kappa shape index (κ3) is 2.76. The van der Waals surface area contributed by atoms with Crippen molar-refractivity contribution < 1.29 is 9.31 Å². The summed E-state index contributed by atoms with van der Waals surface area (Å²) in [7, 11) is 0. The van der Waals surface area contributed by atoms with Crippen molar-refractivity contribution in [1.82, 2.24) is 9.97 Å². The molecule has 0 aliphatic carbocycles. The molecule has 92 valence electrons. The second kappa shape index (κ2) is 5.17. The number of nitro groups is 1. The van der Waals surface area contributed by atoms with Crippen LogP contribution in [0, 0.1) is 15.9 Å². The summed E-state index contributed by atoms with van der Waals surface area (Å²) in [6.45, 7) is 0.327. The number of halogens is 1. The number of anilines is 1. The van der Waals surface area contributed by atoms with E-state index in [0.29, 0.717) is 6.54 Å². The molecule has 0 bridgehead atoms. The van der Waals surface area contributed by atoms with E-state index in [2.05, 4.69) is 15.3 Å². The first-order valence-electron chi connectivity index (χ1n) is 5.08. The molecule has 1 heterocycles. The Kier molecular flexibility index (Phi) is 3.42. The van der Waals surface area contributed by atoms with Crippen LogP contribution in [0.4, 0.5) is 15.8 Å². The van der Waals surface area contributed by atoms with Crippen LogP contribution in [-0.4, -0.2) is 14.9 Å². The molecule has 6 nitrogen and oxygen atoms in total. The van der Waals surface area contributed by atoms with Gasteiger partial charge in [-0.15, -0.1) is 0 Å². The molecule has 0 unspecified atom stereocenters. The first-order chi connectivity index (χ1) is 8.66. The highest BCUT2D eigenvalue weighted by Crippen LogP contribution is 2.25. The van der Waals surface area contributed by atoms with Gasteiger partial charge < -0.3 is 5.32 Å². The van der Waals surface area contributed by atoms with Gasteiger partial charge in [-0.3, -0.25) is 10.1 Å². The van der Waals surface area contributed by atoms with Crippen molar-refractivity contribution in [2.24, 2.45) is 0 Å². The number of benzene rings is 1. The lowest BCUT2D eigenvalue weighted by Gasteiger charge is -2.06. The van der Waals surface area contributed by atoms with Gasteiger partial charge in [0.25, 0.3) is 5.69 Å². The largest absolute Gasteiger partial charge is 0.375 e. The maximum Gasteiger partial charge on any atom is 0.295 e. The van der Waals surface area contributed by atoms with E-state index in [9.17, 15) is 14.5 Å². The van der Waals surface area contributed by atoms with Crippen LogP contribution < -0.4 is 5.32 Å². The van der Waals surface area contributed by atoms with Crippen LogP contribution in [0.1, 0.15) is 5.56 Å². The van der Waals surface area contributed by atoms with Gasteiger partial charge in [0.05, 0.1) is 11.0 Å². The molecule has 1 N–H and O–H groups in total. The fraction of sp³-hybridized carbons (Fsp3) is 0.0909. The van der Waals surface area contributed by atoms with Crippen LogP contribution >= 0.6 is 0 Å². The average Bonchev–Trinajstić information content (AvgIpc) is 2.38. The van der Waals surface area contributed by atoms with Gasteiger partial charge in [-0.2, -0.15) is 0 Å².